The molecule has 0 aliphatic rings. The number of hydrogen-bond donors (Lipinski definition) is 0. The highest BCUT2D eigenvalue weighted by Gasteiger charge is 2.02. The summed E-state index contributed by atoms with van der Waals surface area (Å²) in [5.41, 5.74) is 0. The van der Waals surface area contributed by atoms with Gasteiger partial charge in [0.05, 0.1) is 0 Å². The molecule has 0 aromatic carbocycles. The molecule has 0 amide bonds. The van der Waals surface area contributed by atoms with Crippen LogP contribution in [0.1, 0.15) is 20.3 Å². The molecule has 1 atom stereocenters. The topological polar surface area (TPSA) is 0 Å². The maximum atomic E-state index is 3.53. The Morgan fingerprint density at radius 3 is 2.00 bits per heavy atom. The Hall–Kier alpha value is 0.960. The normalized spacial score (nSPS) is 14.6. The zero-order valence-electron chi connectivity index (χ0n) is 5.32. The second-order valence-corrected chi connectivity index (χ2v) is 4.32. The molecule has 0 aromatic heterocycles. The summed E-state index contributed by atoms with van der Waals surface area (Å²) in [4.78, 5) is 0.655. The van der Waals surface area contributed by atoms with Crippen LogP contribution in [0.4, 0.5) is 0 Å². The van der Waals surface area contributed by atoms with E-state index in [0.29, 0.717) is 4.83 Å². The van der Waals surface area contributed by atoms with E-state index in [9.17, 15) is 0 Å². The molecule has 50 valence electrons. The summed E-state index contributed by atoms with van der Waals surface area (Å²) < 4.78 is 0. The van der Waals surface area contributed by atoms with Crippen molar-refractivity contribution in [2.45, 2.75) is 25.1 Å². The summed E-state index contributed by atoms with van der Waals surface area (Å²) >= 11 is 6.93. The van der Waals surface area contributed by atoms with Gasteiger partial charge >= 0.3 is 0 Å². The van der Waals surface area contributed by atoms with Crippen molar-refractivity contribution in [3.8, 4) is 0 Å². The van der Waals surface area contributed by atoms with Crippen molar-refractivity contribution in [1.29, 1.82) is 0 Å². The highest BCUT2D eigenvalue weighted by Crippen LogP contribution is 2.13. The largest absolute Gasteiger partial charge is 0.0916 e. The van der Waals surface area contributed by atoms with Crippen molar-refractivity contribution in [3.63, 3.8) is 0 Å². The van der Waals surface area contributed by atoms with Gasteiger partial charge in [-0.15, -0.1) is 0 Å². The Morgan fingerprint density at radius 1 is 1.38 bits per heavy atom. The fourth-order valence-corrected chi connectivity index (χ4v) is 1.59. The predicted octanol–water partition coefficient (Wildman–Crippen LogP) is 3.19. The van der Waals surface area contributed by atoms with Crippen LogP contribution in [-0.4, -0.2) is 10.2 Å². The number of rotatable bonds is 3. The van der Waals surface area contributed by atoms with Crippen LogP contribution >= 0.6 is 31.9 Å². The minimum Gasteiger partial charge on any atom is -0.0916 e. The van der Waals surface area contributed by atoms with Crippen LogP contribution < -0.4 is 0 Å². The SMILES string of the molecule is CC(C)CC(Br)CBr. The molecule has 0 aliphatic heterocycles. The van der Waals surface area contributed by atoms with Gasteiger partial charge in [0.1, 0.15) is 0 Å². The Bertz CT molecular complexity index is 52.5. The van der Waals surface area contributed by atoms with Crippen LogP contribution in [0.25, 0.3) is 0 Å². The molecule has 2 heteroatoms. The van der Waals surface area contributed by atoms with Gasteiger partial charge in [-0.05, 0) is 12.3 Å². The molecule has 0 fully saturated rings. The average Bonchev–Trinajstić information content (AvgIpc) is 1.65. The first-order chi connectivity index (χ1) is 3.66. The van der Waals surface area contributed by atoms with E-state index in [1.807, 2.05) is 0 Å². The summed E-state index contributed by atoms with van der Waals surface area (Å²) in [6.07, 6.45) is 1.26. The first-order valence-electron chi connectivity index (χ1n) is 2.86. The Morgan fingerprint density at radius 2 is 1.88 bits per heavy atom. The summed E-state index contributed by atoms with van der Waals surface area (Å²) in [5.74, 6) is 0.803. The third-order valence-corrected chi connectivity index (χ3v) is 3.24. The molecule has 1 unspecified atom stereocenters. The number of alkyl halides is 2. The standard InChI is InChI=1S/C6H12Br2/c1-5(2)3-6(8)4-7/h5-6H,3-4H2,1-2H3. The fourth-order valence-electron chi connectivity index (χ4n) is 0.575. The molecular formula is C6H12Br2. The fraction of sp³-hybridized carbons (Fsp3) is 1.00. The highest BCUT2D eigenvalue weighted by atomic mass is 79.9. The molecule has 0 aromatic rings. The van der Waals surface area contributed by atoms with Crippen LogP contribution in [0.2, 0.25) is 0 Å². The van der Waals surface area contributed by atoms with Gasteiger partial charge in [-0.1, -0.05) is 45.7 Å². The van der Waals surface area contributed by atoms with E-state index < -0.39 is 0 Å². The van der Waals surface area contributed by atoms with Crippen molar-refractivity contribution in [2.24, 2.45) is 5.92 Å². The molecule has 0 saturated heterocycles. The second-order valence-electron chi connectivity index (χ2n) is 2.38. The van der Waals surface area contributed by atoms with Crippen LogP contribution in [0.3, 0.4) is 0 Å². The van der Waals surface area contributed by atoms with Crippen molar-refractivity contribution in [3.05, 3.63) is 0 Å². The van der Waals surface area contributed by atoms with Gasteiger partial charge < -0.3 is 0 Å². The third kappa shape index (κ3) is 5.10. The lowest BCUT2D eigenvalue weighted by Gasteiger charge is -2.07. The van der Waals surface area contributed by atoms with E-state index in [0.717, 1.165) is 11.2 Å². The first kappa shape index (κ1) is 8.96. The zero-order valence-corrected chi connectivity index (χ0v) is 8.50. The van der Waals surface area contributed by atoms with E-state index in [-0.39, 0.29) is 0 Å². The second kappa shape index (κ2) is 4.80. The molecule has 0 saturated carbocycles. The molecule has 0 radical (unpaired) electrons. The minimum atomic E-state index is 0.655. The molecule has 8 heavy (non-hydrogen) atoms. The van der Waals surface area contributed by atoms with Gasteiger partial charge in [0.15, 0.2) is 0 Å². The molecule has 0 rings (SSSR count). The van der Waals surface area contributed by atoms with E-state index in [4.69, 9.17) is 0 Å². The van der Waals surface area contributed by atoms with Crippen molar-refractivity contribution < 1.29 is 0 Å². The molecule has 0 nitrogen and oxygen atoms in total. The van der Waals surface area contributed by atoms with Gasteiger partial charge in [-0.2, -0.15) is 0 Å². The van der Waals surface area contributed by atoms with Crippen LogP contribution in [0, 0.1) is 5.92 Å². The van der Waals surface area contributed by atoms with Crippen molar-refractivity contribution in [2.75, 3.05) is 5.33 Å². The Kier molecular flexibility index (Phi) is 5.38. The van der Waals surface area contributed by atoms with E-state index in [2.05, 4.69) is 45.7 Å². The van der Waals surface area contributed by atoms with E-state index >= 15 is 0 Å². The lowest BCUT2D eigenvalue weighted by molar-refractivity contribution is 0.593. The van der Waals surface area contributed by atoms with Gasteiger partial charge in [0.2, 0.25) is 0 Å². The lowest BCUT2D eigenvalue weighted by atomic mass is 10.1. The van der Waals surface area contributed by atoms with Crippen molar-refractivity contribution >= 4 is 31.9 Å². The average molecular weight is 244 g/mol. The molecule has 0 spiro atoms. The molecule has 0 heterocycles. The van der Waals surface area contributed by atoms with Crippen LogP contribution in [0.15, 0.2) is 0 Å². The van der Waals surface area contributed by atoms with Gasteiger partial charge in [-0.3, -0.25) is 0 Å². The Labute approximate surface area is 68.3 Å². The smallest absolute Gasteiger partial charge is 0.0245 e. The van der Waals surface area contributed by atoms with Gasteiger partial charge in [0.25, 0.3) is 0 Å². The minimum absolute atomic E-state index is 0.655. The maximum Gasteiger partial charge on any atom is 0.0245 e. The molecule has 0 aliphatic carbocycles. The summed E-state index contributed by atoms with van der Waals surface area (Å²) in [6.45, 7) is 4.47. The number of hydrogen-bond acceptors (Lipinski definition) is 0. The zero-order chi connectivity index (χ0) is 6.57. The highest BCUT2D eigenvalue weighted by molar-refractivity contribution is 9.12. The Balaban J connectivity index is 3.10. The van der Waals surface area contributed by atoms with Gasteiger partial charge in [0, 0.05) is 10.2 Å². The van der Waals surface area contributed by atoms with Crippen molar-refractivity contribution in [1.82, 2.24) is 0 Å². The van der Waals surface area contributed by atoms with Gasteiger partial charge in [-0.25, -0.2) is 0 Å². The van der Waals surface area contributed by atoms with E-state index in [1.54, 1.807) is 0 Å². The first-order valence-corrected chi connectivity index (χ1v) is 4.90. The number of halogens is 2. The molecule has 0 N–H and O–H groups in total. The summed E-state index contributed by atoms with van der Waals surface area (Å²) in [6, 6.07) is 0. The summed E-state index contributed by atoms with van der Waals surface area (Å²) in [7, 11) is 0. The lowest BCUT2D eigenvalue weighted by Crippen LogP contribution is -2.02. The maximum absolute atomic E-state index is 3.53. The molecule has 0 bridgehead atoms. The quantitative estimate of drug-likeness (QED) is 0.668. The predicted molar refractivity (Wildman–Crippen MR) is 46.0 cm³/mol. The third-order valence-electron chi connectivity index (χ3n) is 0.895. The monoisotopic (exact) mass is 242 g/mol. The summed E-state index contributed by atoms with van der Waals surface area (Å²) in [5, 5.41) is 1.06. The van der Waals surface area contributed by atoms with Crippen LogP contribution in [-0.2, 0) is 0 Å². The van der Waals surface area contributed by atoms with E-state index in [1.165, 1.54) is 6.42 Å². The molecular weight excluding hydrogens is 232 g/mol. The van der Waals surface area contributed by atoms with Crippen LogP contribution in [0.5, 0.6) is 0 Å².